The summed E-state index contributed by atoms with van der Waals surface area (Å²) in [6.07, 6.45) is 9.55. The number of aryl methyl sites for hydroxylation is 2. The van der Waals surface area contributed by atoms with Gasteiger partial charge in [-0.05, 0) is 93.2 Å². The Morgan fingerprint density at radius 1 is 0.788 bits per heavy atom. The molecule has 0 saturated carbocycles. The lowest BCUT2D eigenvalue weighted by molar-refractivity contribution is -0.143. The normalized spacial score (nSPS) is 17.7. The Morgan fingerprint density at radius 3 is 2.15 bits per heavy atom. The number of nitrogens with one attached hydrogen (secondary N) is 1. The van der Waals surface area contributed by atoms with Crippen LogP contribution in [0.25, 0.3) is 10.9 Å². The summed E-state index contributed by atoms with van der Waals surface area (Å²) in [6, 6.07) is 30.4. The van der Waals surface area contributed by atoms with Crippen LogP contribution in [0, 0.1) is 0 Å². The van der Waals surface area contributed by atoms with Crippen LogP contribution in [0.3, 0.4) is 0 Å². The number of amides is 2. The van der Waals surface area contributed by atoms with E-state index < -0.39 is 12.1 Å². The smallest absolute Gasteiger partial charge is 0.243 e. The molecule has 2 unspecified atom stereocenters. The first-order chi connectivity index (χ1) is 25.5. The third-order valence-corrected chi connectivity index (χ3v) is 10.5. The molecule has 276 valence electrons. The number of nitrogens with zero attached hydrogens (tertiary/aromatic N) is 4. The van der Waals surface area contributed by atoms with Crippen molar-refractivity contribution in [1.29, 1.82) is 0 Å². The zero-order chi connectivity index (χ0) is 36.0. The summed E-state index contributed by atoms with van der Waals surface area (Å²) < 4.78 is 5.98. The van der Waals surface area contributed by atoms with Crippen LogP contribution in [-0.2, 0) is 22.4 Å². The quantitative estimate of drug-likeness (QED) is 0.150. The van der Waals surface area contributed by atoms with Crippen molar-refractivity contribution in [2.45, 2.75) is 76.0 Å². The van der Waals surface area contributed by atoms with E-state index >= 15 is 0 Å². The number of hydrogen-bond acceptors (Lipinski definition) is 7. The Balaban J connectivity index is 0.959. The number of fused-ring (bicyclic) bond motifs is 1. The van der Waals surface area contributed by atoms with E-state index in [1.807, 2.05) is 47.4 Å². The summed E-state index contributed by atoms with van der Waals surface area (Å²) in [4.78, 5) is 38.2. The van der Waals surface area contributed by atoms with Crippen LogP contribution >= 0.6 is 0 Å². The molecule has 6 rings (SSSR count). The van der Waals surface area contributed by atoms with E-state index in [2.05, 4.69) is 68.6 Å². The standard InChI is InChI=1S/C43H55N5O4/c49-37(33-52-41-24-11-22-39-38(41)21-12-25-44-39)31-46-27-29-47(30-28-46)32-42(50)48-26-8-7-23-40(48)43(51)45-36(19-9-17-34-13-3-1-4-14-34)20-10-18-35-15-5-2-6-16-35/h1-6,11-16,21-22,24-25,36-37,40,49H,7-10,17-20,23,26-33H2,(H,45,51). The number of carbonyl (C=O) groups is 2. The number of β-amino-alcohol motifs (C(OH)–C–C–N with tert-alkyl or cyclic N) is 1. The van der Waals surface area contributed by atoms with Gasteiger partial charge in [-0.2, -0.15) is 0 Å². The number of benzene rings is 3. The van der Waals surface area contributed by atoms with E-state index in [1.165, 1.54) is 11.1 Å². The molecule has 2 fully saturated rings. The summed E-state index contributed by atoms with van der Waals surface area (Å²) in [5.41, 5.74) is 3.51. The number of pyridine rings is 1. The zero-order valence-corrected chi connectivity index (χ0v) is 30.5. The summed E-state index contributed by atoms with van der Waals surface area (Å²) >= 11 is 0. The number of ether oxygens (including phenoxy) is 1. The Kier molecular flexibility index (Phi) is 14.0. The highest BCUT2D eigenvalue weighted by molar-refractivity contribution is 5.89. The Bertz CT molecular complexity index is 1630. The highest BCUT2D eigenvalue weighted by atomic mass is 16.5. The van der Waals surface area contributed by atoms with E-state index in [0.717, 1.165) is 94.2 Å². The molecule has 2 saturated heterocycles. The fourth-order valence-electron chi connectivity index (χ4n) is 7.63. The first-order valence-corrected chi connectivity index (χ1v) is 19.3. The second-order valence-corrected chi connectivity index (χ2v) is 14.4. The van der Waals surface area contributed by atoms with Gasteiger partial charge in [-0.3, -0.25) is 24.4 Å². The van der Waals surface area contributed by atoms with Crippen molar-refractivity contribution >= 4 is 22.7 Å². The second-order valence-electron chi connectivity index (χ2n) is 14.4. The lowest BCUT2D eigenvalue weighted by Gasteiger charge is -2.39. The first-order valence-electron chi connectivity index (χ1n) is 19.3. The van der Waals surface area contributed by atoms with Crippen molar-refractivity contribution < 1.29 is 19.4 Å². The van der Waals surface area contributed by atoms with Gasteiger partial charge in [0.2, 0.25) is 11.8 Å². The average Bonchev–Trinajstić information content (AvgIpc) is 3.18. The topological polar surface area (TPSA) is 98.2 Å². The fourth-order valence-corrected chi connectivity index (χ4v) is 7.63. The average molecular weight is 706 g/mol. The van der Waals surface area contributed by atoms with Gasteiger partial charge in [0.05, 0.1) is 12.1 Å². The van der Waals surface area contributed by atoms with Gasteiger partial charge in [-0.15, -0.1) is 0 Å². The van der Waals surface area contributed by atoms with Gasteiger partial charge >= 0.3 is 0 Å². The third kappa shape index (κ3) is 11.1. The molecule has 2 N–H and O–H groups in total. The minimum absolute atomic E-state index is 0.00161. The van der Waals surface area contributed by atoms with Gasteiger partial charge in [0.1, 0.15) is 24.5 Å². The molecular weight excluding hydrogens is 651 g/mol. The molecule has 0 radical (unpaired) electrons. The van der Waals surface area contributed by atoms with Crippen molar-refractivity contribution in [2.75, 3.05) is 52.4 Å². The number of aliphatic hydroxyl groups excluding tert-OH is 1. The largest absolute Gasteiger partial charge is 0.490 e. The maximum atomic E-state index is 13.9. The van der Waals surface area contributed by atoms with Crippen LogP contribution in [0.15, 0.2) is 97.2 Å². The predicted octanol–water partition coefficient (Wildman–Crippen LogP) is 5.50. The van der Waals surface area contributed by atoms with E-state index in [9.17, 15) is 14.7 Å². The lowest BCUT2D eigenvalue weighted by atomic mass is 9.97. The third-order valence-electron chi connectivity index (χ3n) is 10.5. The number of piperidine rings is 1. The van der Waals surface area contributed by atoms with Gasteiger partial charge in [0.15, 0.2) is 0 Å². The molecule has 9 nitrogen and oxygen atoms in total. The molecule has 2 atom stereocenters. The number of rotatable bonds is 17. The van der Waals surface area contributed by atoms with Crippen molar-refractivity contribution in [2.24, 2.45) is 0 Å². The van der Waals surface area contributed by atoms with Crippen LogP contribution in [-0.4, -0.2) is 107 Å². The number of aliphatic hydroxyl groups is 1. The van der Waals surface area contributed by atoms with Crippen molar-refractivity contribution in [3.8, 4) is 5.75 Å². The Hall–Kier alpha value is -4.31. The van der Waals surface area contributed by atoms with E-state index in [-0.39, 0.29) is 24.5 Å². The van der Waals surface area contributed by atoms with Crippen molar-refractivity contribution in [3.05, 3.63) is 108 Å². The molecule has 1 aromatic heterocycles. The van der Waals surface area contributed by atoms with Gasteiger partial charge in [0, 0.05) is 56.9 Å². The Labute approximate surface area is 309 Å². The molecule has 0 spiro atoms. The molecule has 2 amide bonds. The van der Waals surface area contributed by atoms with Crippen LogP contribution in [0.2, 0.25) is 0 Å². The number of carbonyl (C=O) groups excluding carboxylic acids is 2. The molecule has 52 heavy (non-hydrogen) atoms. The van der Waals surface area contributed by atoms with Gasteiger partial charge in [-0.25, -0.2) is 0 Å². The number of likely N-dealkylation sites (tertiary alicyclic amines) is 1. The number of aromatic nitrogens is 1. The Morgan fingerprint density at radius 2 is 1.46 bits per heavy atom. The molecule has 2 aliphatic rings. The van der Waals surface area contributed by atoms with E-state index in [1.54, 1.807) is 6.20 Å². The summed E-state index contributed by atoms with van der Waals surface area (Å²) in [7, 11) is 0. The second kappa shape index (κ2) is 19.5. The minimum atomic E-state index is -0.631. The van der Waals surface area contributed by atoms with E-state index in [4.69, 9.17) is 4.74 Å². The van der Waals surface area contributed by atoms with E-state index in [0.29, 0.717) is 26.1 Å². The van der Waals surface area contributed by atoms with Crippen molar-refractivity contribution in [3.63, 3.8) is 0 Å². The molecular formula is C43H55N5O4. The van der Waals surface area contributed by atoms with Gasteiger partial charge in [-0.1, -0.05) is 66.7 Å². The monoisotopic (exact) mass is 705 g/mol. The number of hydrogen-bond donors (Lipinski definition) is 2. The first kappa shape index (κ1) is 37.4. The molecule has 0 aliphatic carbocycles. The SMILES string of the molecule is O=C(NC(CCCc1ccccc1)CCCc1ccccc1)C1CCCCN1C(=O)CN1CCN(CC(O)COc2cccc3ncccc23)CC1. The highest BCUT2D eigenvalue weighted by Crippen LogP contribution is 2.24. The van der Waals surface area contributed by atoms with Crippen LogP contribution in [0.5, 0.6) is 5.75 Å². The summed E-state index contributed by atoms with van der Waals surface area (Å²) in [5, 5.41) is 15.1. The summed E-state index contributed by atoms with van der Waals surface area (Å²) in [6.45, 7) is 4.66. The minimum Gasteiger partial charge on any atom is -0.490 e. The molecule has 2 aliphatic heterocycles. The molecule has 9 heteroatoms. The van der Waals surface area contributed by atoms with Crippen LogP contribution in [0.1, 0.15) is 56.1 Å². The highest BCUT2D eigenvalue weighted by Gasteiger charge is 2.34. The van der Waals surface area contributed by atoms with Crippen LogP contribution in [0.4, 0.5) is 0 Å². The summed E-state index contributed by atoms with van der Waals surface area (Å²) in [5.74, 6) is 0.758. The van der Waals surface area contributed by atoms with Crippen molar-refractivity contribution in [1.82, 2.24) is 25.0 Å². The maximum Gasteiger partial charge on any atom is 0.243 e. The molecule has 0 bridgehead atoms. The lowest BCUT2D eigenvalue weighted by Crippen LogP contribution is -2.57. The molecule has 4 aromatic rings. The fraction of sp³-hybridized carbons (Fsp3) is 0.465. The van der Waals surface area contributed by atoms with Gasteiger partial charge < -0.3 is 20.1 Å². The van der Waals surface area contributed by atoms with Gasteiger partial charge in [0.25, 0.3) is 0 Å². The molecule has 3 aromatic carbocycles. The predicted molar refractivity (Wildman–Crippen MR) is 206 cm³/mol. The van der Waals surface area contributed by atoms with Crippen LogP contribution < -0.4 is 10.1 Å². The maximum absolute atomic E-state index is 13.9. The number of piperazine rings is 1. The zero-order valence-electron chi connectivity index (χ0n) is 30.5. The molecule has 3 heterocycles.